The standard InChI is InChI=1S/C14H19NO4/c1-10-3-4-11(7-13(10)18-2)14(17)15-5-6-19-12(8-15)9-16/h3-4,7,12,16H,5-6,8-9H2,1-2H3. The summed E-state index contributed by atoms with van der Waals surface area (Å²) in [7, 11) is 1.59. The Balaban J connectivity index is 2.14. The van der Waals surface area contributed by atoms with Gasteiger partial charge in [0.05, 0.1) is 26.4 Å². The highest BCUT2D eigenvalue weighted by atomic mass is 16.5. The average Bonchev–Trinajstić information content (AvgIpc) is 2.47. The van der Waals surface area contributed by atoms with Crippen molar-refractivity contribution in [1.82, 2.24) is 4.90 Å². The molecule has 1 unspecified atom stereocenters. The van der Waals surface area contributed by atoms with E-state index in [1.165, 1.54) is 0 Å². The van der Waals surface area contributed by atoms with E-state index in [-0.39, 0.29) is 18.6 Å². The Morgan fingerprint density at radius 2 is 2.37 bits per heavy atom. The van der Waals surface area contributed by atoms with Crippen molar-refractivity contribution < 1.29 is 19.4 Å². The van der Waals surface area contributed by atoms with Crippen LogP contribution in [0.5, 0.6) is 5.75 Å². The van der Waals surface area contributed by atoms with Crippen LogP contribution >= 0.6 is 0 Å². The minimum absolute atomic E-state index is 0.0555. The van der Waals surface area contributed by atoms with Crippen LogP contribution in [0.2, 0.25) is 0 Å². The van der Waals surface area contributed by atoms with Gasteiger partial charge in [-0.15, -0.1) is 0 Å². The Morgan fingerprint density at radius 1 is 1.58 bits per heavy atom. The van der Waals surface area contributed by atoms with Crippen molar-refractivity contribution >= 4 is 5.91 Å². The lowest BCUT2D eigenvalue weighted by Crippen LogP contribution is -2.46. The van der Waals surface area contributed by atoms with Gasteiger partial charge in [-0.25, -0.2) is 0 Å². The number of ether oxygens (including phenoxy) is 2. The predicted octanol–water partition coefficient (Wildman–Crippen LogP) is 0.837. The molecule has 0 aliphatic carbocycles. The molecule has 1 atom stereocenters. The summed E-state index contributed by atoms with van der Waals surface area (Å²) in [5, 5.41) is 9.10. The minimum Gasteiger partial charge on any atom is -0.496 e. The van der Waals surface area contributed by atoms with Crippen molar-refractivity contribution in [1.29, 1.82) is 0 Å². The van der Waals surface area contributed by atoms with Crippen molar-refractivity contribution in [3.63, 3.8) is 0 Å². The molecule has 0 radical (unpaired) electrons. The summed E-state index contributed by atoms with van der Waals surface area (Å²) in [6, 6.07) is 5.42. The summed E-state index contributed by atoms with van der Waals surface area (Å²) in [6.07, 6.45) is -0.287. The molecule has 1 amide bonds. The SMILES string of the molecule is COc1cc(C(=O)N2CCOC(CO)C2)ccc1C. The third kappa shape index (κ3) is 3.05. The number of hydrogen-bond acceptors (Lipinski definition) is 4. The van der Waals surface area contributed by atoms with Gasteiger partial charge in [0.25, 0.3) is 5.91 Å². The predicted molar refractivity (Wildman–Crippen MR) is 70.5 cm³/mol. The molecule has 1 aliphatic heterocycles. The van der Waals surface area contributed by atoms with Gasteiger partial charge < -0.3 is 19.5 Å². The number of benzene rings is 1. The van der Waals surface area contributed by atoms with Crippen LogP contribution in [0.3, 0.4) is 0 Å². The van der Waals surface area contributed by atoms with Crippen molar-refractivity contribution in [2.45, 2.75) is 13.0 Å². The first-order chi connectivity index (χ1) is 9.15. The maximum absolute atomic E-state index is 12.4. The summed E-state index contributed by atoms with van der Waals surface area (Å²) in [5.74, 6) is 0.651. The Kier molecular flexibility index (Phi) is 4.39. The summed E-state index contributed by atoms with van der Waals surface area (Å²) in [4.78, 5) is 14.1. The molecule has 104 valence electrons. The Labute approximate surface area is 112 Å². The number of carbonyl (C=O) groups is 1. The van der Waals surface area contributed by atoms with Crippen LogP contribution in [-0.4, -0.2) is 55.4 Å². The molecule has 5 nitrogen and oxygen atoms in total. The fraction of sp³-hybridized carbons (Fsp3) is 0.500. The molecule has 1 N–H and O–H groups in total. The van der Waals surface area contributed by atoms with Gasteiger partial charge in [0.15, 0.2) is 0 Å². The first-order valence-corrected chi connectivity index (χ1v) is 6.32. The summed E-state index contributed by atoms with van der Waals surface area (Å²) < 4.78 is 10.6. The fourth-order valence-corrected chi connectivity index (χ4v) is 2.15. The number of rotatable bonds is 3. The molecular formula is C14H19NO4. The summed E-state index contributed by atoms with van der Waals surface area (Å²) in [5.41, 5.74) is 1.59. The highest BCUT2D eigenvalue weighted by Crippen LogP contribution is 2.20. The van der Waals surface area contributed by atoms with Crippen LogP contribution in [0.15, 0.2) is 18.2 Å². The number of carbonyl (C=O) groups excluding carboxylic acids is 1. The Hall–Kier alpha value is -1.59. The van der Waals surface area contributed by atoms with Crippen molar-refractivity contribution in [2.24, 2.45) is 0 Å². The third-order valence-corrected chi connectivity index (χ3v) is 3.28. The van der Waals surface area contributed by atoms with E-state index < -0.39 is 0 Å². The number of aryl methyl sites for hydroxylation is 1. The quantitative estimate of drug-likeness (QED) is 0.879. The smallest absolute Gasteiger partial charge is 0.254 e. The molecule has 1 aromatic carbocycles. The molecule has 1 aromatic rings. The molecule has 0 aromatic heterocycles. The topological polar surface area (TPSA) is 59.0 Å². The van der Waals surface area contributed by atoms with E-state index in [2.05, 4.69) is 0 Å². The number of aliphatic hydroxyl groups is 1. The van der Waals surface area contributed by atoms with E-state index in [1.807, 2.05) is 13.0 Å². The van der Waals surface area contributed by atoms with Crippen molar-refractivity contribution in [3.8, 4) is 5.75 Å². The maximum Gasteiger partial charge on any atom is 0.254 e. The van der Waals surface area contributed by atoms with Gasteiger partial charge in [0, 0.05) is 18.7 Å². The van der Waals surface area contributed by atoms with Gasteiger partial charge in [0.1, 0.15) is 5.75 Å². The molecule has 2 rings (SSSR count). The van der Waals surface area contributed by atoms with Crippen LogP contribution in [0, 0.1) is 6.92 Å². The van der Waals surface area contributed by atoms with E-state index in [4.69, 9.17) is 14.6 Å². The molecule has 0 bridgehead atoms. The largest absolute Gasteiger partial charge is 0.496 e. The zero-order valence-corrected chi connectivity index (χ0v) is 11.3. The van der Waals surface area contributed by atoms with E-state index in [0.29, 0.717) is 31.0 Å². The highest BCUT2D eigenvalue weighted by molar-refractivity contribution is 5.94. The van der Waals surface area contributed by atoms with Gasteiger partial charge in [0.2, 0.25) is 0 Å². The molecule has 1 saturated heterocycles. The lowest BCUT2D eigenvalue weighted by Gasteiger charge is -2.32. The van der Waals surface area contributed by atoms with Gasteiger partial charge >= 0.3 is 0 Å². The lowest BCUT2D eigenvalue weighted by molar-refractivity contribution is -0.0447. The molecular weight excluding hydrogens is 246 g/mol. The Morgan fingerprint density at radius 3 is 3.05 bits per heavy atom. The van der Waals surface area contributed by atoms with E-state index >= 15 is 0 Å². The normalized spacial score (nSPS) is 19.3. The lowest BCUT2D eigenvalue weighted by atomic mass is 10.1. The number of morpholine rings is 1. The van der Waals surface area contributed by atoms with Gasteiger partial charge in [-0.05, 0) is 24.6 Å². The monoisotopic (exact) mass is 265 g/mol. The van der Waals surface area contributed by atoms with Crippen LogP contribution in [0.25, 0.3) is 0 Å². The molecule has 19 heavy (non-hydrogen) atoms. The zero-order chi connectivity index (χ0) is 13.8. The van der Waals surface area contributed by atoms with E-state index in [0.717, 1.165) is 5.56 Å². The fourth-order valence-electron chi connectivity index (χ4n) is 2.15. The second-order valence-corrected chi connectivity index (χ2v) is 4.61. The summed E-state index contributed by atoms with van der Waals surface area (Å²) in [6.45, 7) is 3.29. The average molecular weight is 265 g/mol. The van der Waals surface area contributed by atoms with Crippen LogP contribution in [0.4, 0.5) is 0 Å². The second kappa shape index (κ2) is 6.04. The summed E-state index contributed by atoms with van der Waals surface area (Å²) >= 11 is 0. The van der Waals surface area contributed by atoms with Gasteiger partial charge in [-0.2, -0.15) is 0 Å². The molecule has 1 heterocycles. The molecule has 0 saturated carbocycles. The second-order valence-electron chi connectivity index (χ2n) is 4.61. The van der Waals surface area contributed by atoms with Gasteiger partial charge in [-0.3, -0.25) is 4.79 Å². The van der Waals surface area contributed by atoms with Crippen molar-refractivity contribution in [2.75, 3.05) is 33.4 Å². The third-order valence-electron chi connectivity index (χ3n) is 3.28. The number of nitrogens with zero attached hydrogens (tertiary/aromatic N) is 1. The van der Waals surface area contributed by atoms with Gasteiger partial charge in [-0.1, -0.05) is 6.07 Å². The number of amides is 1. The van der Waals surface area contributed by atoms with Crippen LogP contribution < -0.4 is 4.74 Å². The van der Waals surface area contributed by atoms with E-state index in [1.54, 1.807) is 24.1 Å². The number of aliphatic hydroxyl groups excluding tert-OH is 1. The molecule has 1 aliphatic rings. The Bertz CT molecular complexity index is 461. The first kappa shape index (κ1) is 13.8. The molecule has 5 heteroatoms. The molecule has 0 spiro atoms. The number of methoxy groups -OCH3 is 1. The van der Waals surface area contributed by atoms with Crippen LogP contribution in [-0.2, 0) is 4.74 Å². The minimum atomic E-state index is -0.287. The van der Waals surface area contributed by atoms with Crippen LogP contribution in [0.1, 0.15) is 15.9 Å². The van der Waals surface area contributed by atoms with E-state index in [9.17, 15) is 4.79 Å². The first-order valence-electron chi connectivity index (χ1n) is 6.32. The number of hydrogen-bond donors (Lipinski definition) is 1. The molecule has 1 fully saturated rings. The highest BCUT2D eigenvalue weighted by Gasteiger charge is 2.24. The maximum atomic E-state index is 12.4. The zero-order valence-electron chi connectivity index (χ0n) is 11.3. The van der Waals surface area contributed by atoms with Crippen molar-refractivity contribution in [3.05, 3.63) is 29.3 Å².